The minimum absolute atomic E-state index is 0.0105. The van der Waals surface area contributed by atoms with Gasteiger partial charge < -0.3 is 16.0 Å². The number of halogens is 3. The van der Waals surface area contributed by atoms with Crippen LogP contribution in [0.2, 0.25) is 0 Å². The Bertz CT molecular complexity index is 770. The van der Waals surface area contributed by atoms with Crippen LogP contribution in [0.25, 0.3) is 0 Å². The summed E-state index contributed by atoms with van der Waals surface area (Å²) < 4.78 is 37.7. The van der Waals surface area contributed by atoms with Gasteiger partial charge in [0.25, 0.3) is 0 Å². The van der Waals surface area contributed by atoms with Gasteiger partial charge in [0.15, 0.2) is 0 Å². The summed E-state index contributed by atoms with van der Waals surface area (Å²) in [6.45, 7) is 2.04. The zero-order chi connectivity index (χ0) is 20.0. The number of rotatable bonds is 6. The van der Waals surface area contributed by atoms with Gasteiger partial charge >= 0.3 is 6.18 Å². The molecule has 0 saturated carbocycles. The molecule has 1 aliphatic heterocycles. The number of pyridine rings is 1. The normalized spacial score (nSPS) is 15.2. The molecule has 0 unspecified atom stereocenters. The van der Waals surface area contributed by atoms with E-state index in [2.05, 4.69) is 20.9 Å². The second kappa shape index (κ2) is 9.05. The maximum atomic E-state index is 12.6. The van der Waals surface area contributed by atoms with Crippen LogP contribution in [0.15, 0.2) is 42.6 Å². The molecule has 3 N–H and O–H groups in total. The minimum Gasteiger partial charge on any atom is -0.340 e. The van der Waals surface area contributed by atoms with Crippen molar-refractivity contribution in [3.05, 3.63) is 48.2 Å². The van der Waals surface area contributed by atoms with Crippen molar-refractivity contribution < 1.29 is 18.0 Å². The summed E-state index contributed by atoms with van der Waals surface area (Å²) in [4.78, 5) is 15.9. The molecule has 1 fully saturated rings. The van der Waals surface area contributed by atoms with E-state index < -0.39 is 11.7 Å². The molecule has 0 spiro atoms. The van der Waals surface area contributed by atoms with Gasteiger partial charge in [-0.05, 0) is 74.7 Å². The van der Waals surface area contributed by atoms with E-state index in [-0.39, 0.29) is 5.91 Å². The second-order valence-corrected chi connectivity index (χ2v) is 6.91. The van der Waals surface area contributed by atoms with Crippen molar-refractivity contribution in [3.8, 4) is 0 Å². The number of hydrogen-bond donors (Lipinski definition) is 3. The van der Waals surface area contributed by atoms with Crippen LogP contribution in [0.5, 0.6) is 0 Å². The fourth-order valence-electron chi connectivity index (χ4n) is 3.15. The van der Waals surface area contributed by atoms with Crippen molar-refractivity contribution in [3.63, 3.8) is 0 Å². The van der Waals surface area contributed by atoms with Crippen LogP contribution in [0.1, 0.15) is 31.2 Å². The zero-order valence-corrected chi connectivity index (χ0v) is 15.4. The fraction of sp³-hybridized carbons (Fsp3) is 0.400. The van der Waals surface area contributed by atoms with Gasteiger partial charge in [0.1, 0.15) is 5.82 Å². The molecular weight excluding hydrogens is 369 g/mol. The molecule has 28 heavy (non-hydrogen) atoms. The Balaban J connectivity index is 1.48. The van der Waals surface area contributed by atoms with Crippen molar-refractivity contribution in [2.75, 3.05) is 23.7 Å². The third-order valence-electron chi connectivity index (χ3n) is 4.77. The molecule has 0 radical (unpaired) electrons. The molecule has 1 aromatic heterocycles. The highest BCUT2D eigenvalue weighted by Crippen LogP contribution is 2.29. The highest BCUT2D eigenvalue weighted by atomic mass is 19.4. The van der Waals surface area contributed by atoms with Crippen molar-refractivity contribution in [1.29, 1.82) is 0 Å². The van der Waals surface area contributed by atoms with Gasteiger partial charge in [-0.1, -0.05) is 0 Å². The standard InChI is InChI=1S/C20H23F3N4O/c21-20(22,23)15-2-7-18(25-13-15)26-16-3-5-17(6-4-16)27-19(28)8-1-14-9-11-24-12-10-14/h2-7,13-14,24H,1,8-12H2,(H,25,26)(H,27,28). The Labute approximate surface area is 161 Å². The molecule has 5 nitrogen and oxygen atoms in total. The lowest BCUT2D eigenvalue weighted by atomic mass is 9.93. The minimum atomic E-state index is -4.40. The van der Waals surface area contributed by atoms with E-state index in [1.807, 2.05) is 0 Å². The van der Waals surface area contributed by atoms with E-state index >= 15 is 0 Å². The molecular formula is C20H23F3N4O. The van der Waals surface area contributed by atoms with E-state index in [1.165, 1.54) is 6.07 Å². The molecule has 1 saturated heterocycles. The number of hydrogen-bond acceptors (Lipinski definition) is 4. The molecule has 150 valence electrons. The Hall–Kier alpha value is -2.61. The average Bonchev–Trinajstić information content (AvgIpc) is 2.68. The average molecular weight is 392 g/mol. The van der Waals surface area contributed by atoms with Crippen LogP contribution in [0.3, 0.4) is 0 Å². The number of carbonyl (C=O) groups excluding carboxylic acids is 1. The van der Waals surface area contributed by atoms with Crippen molar-refractivity contribution in [2.45, 2.75) is 31.9 Å². The van der Waals surface area contributed by atoms with Gasteiger partial charge in [-0.25, -0.2) is 4.98 Å². The van der Waals surface area contributed by atoms with Crippen molar-refractivity contribution in [2.24, 2.45) is 5.92 Å². The number of amides is 1. The monoisotopic (exact) mass is 392 g/mol. The summed E-state index contributed by atoms with van der Waals surface area (Å²) >= 11 is 0. The fourth-order valence-corrected chi connectivity index (χ4v) is 3.15. The number of carbonyl (C=O) groups is 1. The van der Waals surface area contributed by atoms with E-state index in [9.17, 15) is 18.0 Å². The van der Waals surface area contributed by atoms with Gasteiger partial charge in [-0.15, -0.1) is 0 Å². The largest absolute Gasteiger partial charge is 0.417 e. The summed E-state index contributed by atoms with van der Waals surface area (Å²) in [5.41, 5.74) is 0.557. The number of alkyl halides is 3. The summed E-state index contributed by atoms with van der Waals surface area (Å²) in [5.74, 6) is 0.908. The van der Waals surface area contributed by atoms with Crippen molar-refractivity contribution in [1.82, 2.24) is 10.3 Å². The molecule has 1 aliphatic rings. The number of nitrogens with one attached hydrogen (secondary N) is 3. The maximum absolute atomic E-state index is 12.6. The molecule has 1 amide bonds. The lowest BCUT2D eigenvalue weighted by molar-refractivity contribution is -0.137. The van der Waals surface area contributed by atoms with Gasteiger partial charge in [-0.3, -0.25) is 4.79 Å². The highest BCUT2D eigenvalue weighted by Gasteiger charge is 2.30. The molecule has 8 heteroatoms. The summed E-state index contributed by atoms with van der Waals surface area (Å²) in [6.07, 6.45) is 0.0166. The number of nitrogens with zero attached hydrogens (tertiary/aromatic N) is 1. The third kappa shape index (κ3) is 5.95. The number of piperidine rings is 1. The van der Waals surface area contributed by atoms with Crippen LogP contribution in [0, 0.1) is 5.92 Å². The Kier molecular flexibility index (Phi) is 6.51. The molecule has 0 atom stereocenters. The SMILES string of the molecule is O=C(CCC1CCNCC1)Nc1ccc(Nc2ccc(C(F)(F)F)cn2)cc1. The van der Waals surface area contributed by atoms with Crippen LogP contribution in [-0.4, -0.2) is 24.0 Å². The first-order valence-corrected chi connectivity index (χ1v) is 9.31. The van der Waals surface area contributed by atoms with Gasteiger partial charge in [0.05, 0.1) is 5.56 Å². The molecule has 2 aromatic rings. The zero-order valence-electron chi connectivity index (χ0n) is 15.4. The smallest absolute Gasteiger partial charge is 0.340 e. The summed E-state index contributed by atoms with van der Waals surface area (Å²) in [7, 11) is 0. The summed E-state index contributed by atoms with van der Waals surface area (Å²) in [6, 6.07) is 9.22. The van der Waals surface area contributed by atoms with Crippen LogP contribution < -0.4 is 16.0 Å². The maximum Gasteiger partial charge on any atom is 0.417 e. The third-order valence-corrected chi connectivity index (χ3v) is 4.77. The molecule has 2 heterocycles. The predicted molar refractivity (Wildman–Crippen MR) is 102 cm³/mol. The molecule has 1 aromatic carbocycles. The van der Waals surface area contributed by atoms with Gasteiger partial charge in [-0.2, -0.15) is 13.2 Å². The van der Waals surface area contributed by atoms with E-state index in [4.69, 9.17) is 0 Å². The van der Waals surface area contributed by atoms with Crippen molar-refractivity contribution >= 4 is 23.1 Å². The van der Waals surface area contributed by atoms with Crippen LogP contribution in [0.4, 0.5) is 30.4 Å². The molecule has 0 aliphatic carbocycles. The Morgan fingerprint density at radius 1 is 1.07 bits per heavy atom. The first-order chi connectivity index (χ1) is 13.4. The Morgan fingerprint density at radius 2 is 1.75 bits per heavy atom. The van der Waals surface area contributed by atoms with Gasteiger partial charge in [0.2, 0.25) is 5.91 Å². The topological polar surface area (TPSA) is 66.1 Å². The first-order valence-electron chi connectivity index (χ1n) is 9.31. The van der Waals surface area contributed by atoms with E-state index in [0.717, 1.165) is 44.6 Å². The van der Waals surface area contributed by atoms with E-state index in [1.54, 1.807) is 24.3 Å². The lowest BCUT2D eigenvalue weighted by Crippen LogP contribution is -2.28. The van der Waals surface area contributed by atoms with Crippen LogP contribution >= 0.6 is 0 Å². The quantitative estimate of drug-likeness (QED) is 0.674. The van der Waals surface area contributed by atoms with E-state index in [0.29, 0.717) is 29.5 Å². The van der Waals surface area contributed by atoms with Gasteiger partial charge in [0, 0.05) is 24.0 Å². The Morgan fingerprint density at radius 3 is 2.36 bits per heavy atom. The number of anilines is 3. The second-order valence-electron chi connectivity index (χ2n) is 6.91. The first kappa shape index (κ1) is 20.1. The highest BCUT2D eigenvalue weighted by molar-refractivity contribution is 5.90. The number of aromatic nitrogens is 1. The predicted octanol–water partition coefficient (Wildman–Crippen LogP) is 4.56. The molecule has 0 bridgehead atoms. The lowest BCUT2D eigenvalue weighted by Gasteiger charge is -2.22. The number of benzene rings is 1. The van der Waals surface area contributed by atoms with Crippen LogP contribution in [-0.2, 0) is 11.0 Å². The molecule has 3 rings (SSSR count). The summed E-state index contributed by atoms with van der Waals surface area (Å²) in [5, 5.41) is 9.12.